The summed E-state index contributed by atoms with van der Waals surface area (Å²) < 4.78 is 5.41. The number of ether oxygens (including phenoxy) is 1. The molecule has 1 aromatic rings. The lowest BCUT2D eigenvalue weighted by Crippen LogP contribution is -2.48. The number of likely N-dealkylation sites (tertiary alicyclic amines) is 1. The first-order valence-corrected chi connectivity index (χ1v) is 11.4. The van der Waals surface area contributed by atoms with Crippen molar-refractivity contribution in [1.29, 1.82) is 0 Å². The third kappa shape index (κ3) is 3.77. The number of hydrogen-bond acceptors (Lipinski definition) is 5. The van der Waals surface area contributed by atoms with Gasteiger partial charge in [0.25, 0.3) is 5.91 Å². The Morgan fingerprint density at radius 3 is 2.55 bits per heavy atom. The molecule has 3 fully saturated rings. The molecule has 7 heteroatoms. The van der Waals surface area contributed by atoms with E-state index < -0.39 is 16.9 Å². The average Bonchev–Trinajstić information content (AvgIpc) is 3.25. The number of piperidine rings is 1. The molecule has 4 atom stereocenters. The molecular formula is C22H28N2O4S. The van der Waals surface area contributed by atoms with Gasteiger partial charge in [0.1, 0.15) is 10.9 Å². The number of carbonyl (C=O) groups excluding carboxylic acids is 3. The molecule has 0 radical (unpaired) electrons. The van der Waals surface area contributed by atoms with E-state index in [1.165, 1.54) is 0 Å². The molecule has 0 N–H and O–H groups in total. The highest BCUT2D eigenvalue weighted by Crippen LogP contribution is 2.54. The van der Waals surface area contributed by atoms with E-state index in [0.29, 0.717) is 43.5 Å². The van der Waals surface area contributed by atoms with Crippen LogP contribution in [0.1, 0.15) is 38.7 Å². The number of hydrogen-bond donors (Lipinski definition) is 0. The molecule has 3 aliphatic rings. The summed E-state index contributed by atoms with van der Waals surface area (Å²) in [6, 6.07) is 9.23. The molecule has 0 spiro atoms. The van der Waals surface area contributed by atoms with Crippen molar-refractivity contribution in [2.24, 2.45) is 11.8 Å². The molecule has 29 heavy (non-hydrogen) atoms. The molecule has 0 unspecified atom stereocenters. The monoisotopic (exact) mass is 416 g/mol. The van der Waals surface area contributed by atoms with Crippen molar-refractivity contribution in [3.05, 3.63) is 35.9 Å². The van der Waals surface area contributed by atoms with Gasteiger partial charge in [-0.2, -0.15) is 0 Å². The fourth-order valence-corrected chi connectivity index (χ4v) is 6.64. The zero-order valence-corrected chi connectivity index (χ0v) is 17.8. The second-order valence-electron chi connectivity index (χ2n) is 8.59. The maximum absolute atomic E-state index is 12.8. The second-order valence-corrected chi connectivity index (χ2v) is 9.89. The maximum Gasteiger partial charge on any atom is 0.330 e. The lowest BCUT2D eigenvalue weighted by molar-refractivity contribution is -0.159. The molecule has 1 aromatic carbocycles. The number of fused-ring (bicyclic) bond motifs is 1. The van der Waals surface area contributed by atoms with Gasteiger partial charge in [-0.3, -0.25) is 9.59 Å². The minimum atomic E-state index is -0.637. The van der Waals surface area contributed by atoms with Crippen molar-refractivity contribution in [2.75, 3.05) is 25.4 Å². The Labute approximate surface area is 175 Å². The minimum absolute atomic E-state index is 0.0224. The SMILES string of the molecule is C[C@@H]1C[C@H](C)CN(C(=O)COC(=O)[C@@H]2CS[C@@]3(c4ccccc4)CCC(=O)N23)C1. The van der Waals surface area contributed by atoms with E-state index >= 15 is 0 Å². The van der Waals surface area contributed by atoms with Crippen molar-refractivity contribution >= 4 is 29.5 Å². The van der Waals surface area contributed by atoms with Crippen molar-refractivity contribution in [3.8, 4) is 0 Å². The van der Waals surface area contributed by atoms with Crippen LogP contribution in [-0.4, -0.2) is 59.1 Å². The molecular weight excluding hydrogens is 388 g/mol. The van der Waals surface area contributed by atoms with Gasteiger partial charge < -0.3 is 14.5 Å². The van der Waals surface area contributed by atoms with Gasteiger partial charge in [-0.25, -0.2) is 4.79 Å². The Morgan fingerprint density at radius 1 is 1.17 bits per heavy atom. The summed E-state index contributed by atoms with van der Waals surface area (Å²) in [6.45, 7) is 5.45. The molecule has 4 rings (SSSR count). The summed E-state index contributed by atoms with van der Waals surface area (Å²) in [4.78, 5) is 41.0. The fourth-order valence-electron chi connectivity index (χ4n) is 5.00. The molecule has 0 bridgehead atoms. The number of esters is 1. The van der Waals surface area contributed by atoms with Gasteiger partial charge in [-0.15, -0.1) is 11.8 Å². The highest BCUT2D eigenvalue weighted by Gasteiger charge is 2.57. The van der Waals surface area contributed by atoms with Crippen molar-refractivity contribution in [2.45, 2.75) is 44.0 Å². The Bertz CT molecular complexity index is 791. The Balaban J connectivity index is 1.42. The molecule has 0 saturated carbocycles. The quantitative estimate of drug-likeness (QED) is 0.706. The number of benzene rings is 1. The first-order chi connectivity index (χ1) is 13.9. The summed E-state index contributed by atoms with van der Waals surface area (Å²) in [5.74, 6) is 0.759. The van der Waals surface area contributed by atoms with E-state index in [-0.39, 0.29) is 18.4 Å². The molecule has 2 amide bonds. The Hall–Kier alpha value is -2.02. The number of amides is 2. The van der Waals surface area contributed by atoms with Crippen LogP contribution in [0, 0.1) is 11.8 Å². The van der Waals surface area contributed by atoms with Gasteiger partial charge in [0.2, 0.25) is 5.91 Å². The summed E-state index contributed by atoms with van der Waals surface area (Å²) in [7, 11) is 0. The van der Waals surface area contributed by atoms with Crippen LogP contribution in [0.2, 0.25) is 0 Å². The molecule has 0 aliphatic carbocycles. The number of nitrogens with zero attached hydrogens (tertiary/aromatic N) is 2. The van der Waals surface area contributed by atoms with E-state index in [2.05, 4.69) is 13.8 Å². The summed E-state index contributed by atoms with van der Waals surface area (Å²) in [5, 5.41) is 0. The third-order valence-electron chi connectivity index (χ3n) is 6.18. The van der Waals surface area contributed by atoms with E-state index in [1.807, 2.05) is 30.3 Å². The second kappa shape index (κ2) is 8.01. The zero-order chi connectivity index (χ0) is 20.6. The van der Waals surface area contributed by atoms with Crippen molar-refractivity contribution in [1.82, 2.24) is 9.80 Å². The van der Waals surface area contributed by atoms with Crippen LogP contribution in [-0.2, 0) is 24.0 Å². The molecule has 3 heterocycles. The highest BCUT2D eigenvalue weighted by atomic mass is 32.2. The van der Waals surface area contributed by atoms with Crippen LogP contribution >= 0.6 is 11.8 Å². The van der Waals surface area contributed by atoms with E-state index in [0.717, 1.165) is 12.0 Å². The van der Waals surface area contributed by atoms with Gasteiger partial charge in [0.05, 0.1) is 0 Å². The van der Waals surface area contributed by atoms with Crippen molar-refractivity contribution in [3.63, 3.8) is 0 Å². The highest BCUT2D eigenvalue weighted by molar-refractivity contribution is 8.00. The topological polar surface area (TPSA) is 66.9 Å². The average molecular weight is 417 g/mol. The fraction of sp³-hybridized carbons (Fsp3) is 0.591. The van der Waals surface area contributed by atoms with Crippen LogP contribution < -0.4 is 0 Å². The van der Waals surface area contributed by atoms with Gasteiger partial charge in [0.15, 0.2) is 6.61 Å². The first kappa shape index (κ1) is 20.3. The summed E-state index contributed by atoms with van der Waals surface area (Å²) >= 11 is 1.63. The number of carbonyl (C=O) groups is 3. The predicted octanol–water partition coefficient (Wildman–Crippen LogP) is 2.62. The van der Waals surface area contributed by atoms with Crippen LogP contribution in [0.5, 0.6) is 0 Å². The van der Waals surface area contributed by atoms with Crippen LogP contribution in [0.15, 0.2) is 30.3 Å². The molecule has 3 aliphatic heterocycles. The van der Waals surface area contributed by atoms with Crippen LogP contribution in [0.4, 0.5) is 0 Å². The van der Waals surface area contributed by atoms with E-state index in [1.54, 1.807) is 21.6 Å². The van der Waals surface area contributed by atoms with Gasteiger partial charge in [0, 0.05) is 25.3 Å². The first-order valence-electron chi connectivity index (χ1n) is 10.4. The Morgan fingerprint density at radius 2 is 1.86 bits per heavy atom. The number of thioether (sulfide) groups is 1. The Kier molecular flexibility index (Phi) is 5.60. The molecule has 6 nitrogen and oxygen atoms in total. The lowest BCUT2D eigenvalue weighted by Gasteiger charge is -2.35. The molecule has 156 valence electrons. The normalized spacial score (nSPS) is 31.7. The largest absolute Gasteiger partial charge is 0.454 e. The zero-order valence-electron chi connectivity index (χ0n) is 17.0. The van der Waals surface area contributed by atoms with E-state index in [4.69, 9.17) is 4.74 Å². The minimum Gasteiger partial charge on any atom is -0.454 e. The number of rotatable bonds is 4. The van der Waals surface area contributed by atoms with Gasteiger partial charge >= 0.3 is 5.97 Å². The molecule has 0 aromatic heterocycles. The smallest absolute Gasteiger partial charge is 0.330 e. The maximum atomic E-state index is 12.8. The van der Waals surface area contributed by atoms with Gasteiger partial charge in [-0.05, 0) is 30.2 Å². The van der Waals surface area contributed by atoms with E-state index in [9.17, 15) is 14.4 Å². The van der Waals surface area contributed by atoms with Gasteiger partial charge in [-0.1, -0.05) is 44.2 Å². The summed E-state index contributed by atoms with van der Waals surface area (Å²) in [5.41, 5.74) is 1.04. The third-order valence-corrected chi connectivity index (χ3v) is 7.78. The van der Waals surface area contributed by atoms with Crippen LogP contribution in [0.25, 0.3) is 0 Å². The lowest BCUT2D eigenvalue weighted by atomic mass is 9.92. The standard InChI is InChI=1S/C22H28N2O4S/c1-15-10-16(2)12-23(11-15)20(26)13-28-21(27)18-14-29-22(9-8-19(25)24(18)22)17-6-4-3-5-7-17/h3-7,15-16,18H,8-14H2,1-2H3/t15-,16+,18-,22+/m0/s1. The summed E-state index contributed by atoms with van der Waals surface area (Å²) in [6.07, 6.45) is 2.22. The van der Waals surface area contributed by atoms with Crippen LogP contribution in [0.3, 0.4) is 0 Å². The molecule has 3 saturated heterocycles. The predicted molar refractivity (Wildman–Crippen MR) is 111 cm³/mol. The van der Waals surface area contributed by atoms with Crippen molar-refractivity contribution < 1.29 is 19.1 Å².